The van der Waals surface area contributed by atoms with Crippen molar-refractivity contribution < 1.29 is 9.47 Å². The number of hydrogen-bond donors (Lipinski definition) is 0. The SMILES string of the molecule is COc1cccc(OC[C@H]2CCCN(Cc3ccncc3)C2)c1. The number of pyridine rings is 1. The van der Waals surface area contributed by atoms with Crippen LogP contribution in [0.5, 0.6) is 11.5 Å². The van der Waals surface area contributed by atoms with Crippen LogP contribution in [0.2, 0.25) is 0 Å². The number of benzene rings is 1. The summed E-state index contributed by atoms with van der Waals surface area (Å²) in [4.78, 5) is 6.59. The summed E-state index contributed by atoms with van der Waals surface area (Å²) in [5.74, 6) is 2.30. The van der Waals surface area contributed by atoms with Crippen LogP contribution in [0.4, 0.5) is 0 Å². The first-order chi connectivity index (χ1) is 11.3. The molecule has 2 heterocycles. The first kappa shape index (κ1) is 15.8. The second kappa shape index (κ2) is 7.97. The summed E-state index contributed by atoms with van der Waals surface area (Å²) in [5, 5.41) is 0. The lowest BCUT2D eigenvalue weighted by Crippen LogP contribution is -2.37. The van der Waals surface area contributed by atoms with Crippen molar-refractivity contribution in [1.82, 2.24) is 9.88 Å². The molecule has 1 fully saturated rings. The number of aromatic nitrogens is 1. The van der Waals surface area contributed by atoms with Gasteiger partial charge in [-0.2, -0.15) is 0 Å². The minimum absolute atomic E-state index is 0.580. The lowest BCUT2D eigenvalue weighted by Gasteiger charge is -2.32. The number of hydrogen-bond acceptors (Lipinski definition) is 4. The molecule has 4 nitrogen and oxygen atoms in total. The Bertz CT molecular complexity index is 603. The maximum absolute atomic E-state index is 5.97. The average molecular weight is 312 g/mol. The fourth-order valence-corrected chi connectivity index (χ4v) is 3.08. The Labute approximate surface area is 138 Å². The highest BCUT2D eigenvalue weighted by molar-refractivity contribution is 5.32. The third kappa shape index (κ3) is 4.70. The molecule has 0 radical (unpaired) electrons. The zero-order valence-electron chi connectivity index (χ0n) is 13.6. The average Bonchev–Trinajstić information content (AvgIpc) is 2.61. The predicted molar refractivity (Wildman–Crippen MR) is 90.7 cm³/mol. The van der Waals surface area contributed by atoms with E-state index in [2.05, 4.69) is 22.0 Å². The van der Waals surface area contributed by atoms with E-state index < -0.39 is 0 Å². The highest BCUT2D eigenvalue weighted by Crippen LogP contribution is 2.22. The van der Waals surface area contributed by atoms with Crippen molar-refractivity contribution >= 4 is 0 Å². The zero-order chi connectivity index (χ0) is 15.9. The van der Waals surface area contributed by atoms with Gasteiger partial charge in [-0.3, -0.25) is 9.88 Å². The standard InChI is InChI=1S/C19H24N2O2/c1-22-18-5-2-6-19(12-18)23-15-17-4-3-11-21(14-17)13-16-7-9-20-10-8-16/h2,5-10,12,17H,3-4,11,13-15H2,1H3/t17-/m0/s1. The van der Waals surface area contributed by atoms with Gasteiger partial charge in [0, 0.05) is 37.5 Å². The first-order valence-corrected chi connectivity index (χ1v) is 8.21. The van der Waals surface area contributed by atoms with Gasteiger partial charge in [-0.1, -0.05) is 6.07 Å². The van der Waals surface area contributed by atoms with Crippen molar-refractivity contribution in [3.05, 3.63) is 54.4 Å². The van der Waals surface area contributed by atoms with Gasteiger partial charge in [-0.05, 0) is 49.2 Å². The Morgan fingerprint density at radius 3 is 2.83 bits per heavy atom. The molecule has 0 amide bonds. The van der Waals surface area contributed by atoms with Crippen LogP contribution in [0, 0.1) is 5.92 Å². The molecule has 1 aliphatic heterocycles. The highest BCUT2D eigenvalue weighted by Gasteiger charge is 2.20. The summed E-state index contributed by atoms with van der Waals surface area (Å²) in [5.41, 5.74) is 1.33. The van der Waals surface area contributed by atoms with Gasteiger partial charge in [-0.25, -0.2) is 0 Å². The van der Waals surface area contributed by atoms with Gasteiger partial charge in [-0.15, -0.1) is 0 Å². The molecule has 122 valence electrons. The number of methoxy groups -OCH3 is 1. The predicted octanol–water partition coefficient (Wildman–Crippen LogP) is 3.38. The summed E-state index contributed by atoms with van der Waals surface area (Å²) in [6, 6.07) is 12.0. The quantitative estimate of drug-likeness (QED) is 0.819. The van der Waals surface area contributed by atoms with Crippen molar-refractivity contribution in [3.8, 4) is 11.5 Å². The van der Waals surface area contributed by atoms with E-state index in [1.165, 1.54) is 18.4 Å². The molecule has 1 aliphatic rings. The maximum atomic E-state index is 5.97. The van der Waals surface area contributed by atoms with Crippen molar-refractivity contribution in [2.45, 2.75) is 19.4 Å². The number of piperidine rings is 1. The molecule has 0 spiro atoms. The van der Waals surface area contributed by atoms with E-state index >= 15 is 0 Å². The fraction of sp³-hybridized carbons (Fsp3) is 0.421. The molecule has 4 heteroatoms. The fourth-order valence-electron chi connectivity index (χ4n) is 3.08. The van der Waals surface area contributed by atoms with E-state index in [1.807, 2.05) is 36.7 Å². The molecular formula is C19H24N2O2. The van der Waals surface area contributed by atoms with E-state index in [9.17, 15) is 0 Å². The van der Waals surface area contributed by atoms with Crippen molar-refractivity contribution in [2.75, 3.05) is 26.8 Å². The van der Waals surface area contributed by atoms with Gasteiger partial charge in [0.05, 0.1) is 13.7 Å². The zero-order valence-corrected chi connectivity index (χ0v) is 13.6. The molecule has 1 aromatic heterocycles. The third-order valence-corrected chi connectivity index (χ3v) is 4.29. The summed E-state index contributed by atoms with van der Waals surface area (Å²) >= 11 is 0. The number of nitrogens with zero attached hydrogens (tertiary/aromatic N) is 2. The topological polar surface area (TPSA) is 34.6 Å². The summed E-state index contributed by atoms with van der Waals surface area (Å²) in [7, 11) is 1.68. The normalized spacial score (nSPS) is 18.6. The molecule has 1 atom stereocenters. The van der Waals surface area contributed by atoms with E-state index in [4.69, 9.17) is 9.47 Å². The summed E-state index contributed by atoms with van der Waals surface area (Å²) in [6.45, 7) is 4.02. The Morgan fingerprint density at radius 1 is 1.17 bits per heavy atom. The van der Waals surface area contributed by atoms with Crippen LogP contribution in [0.25, 0.3) is 0 Å². The second-order valence-electron chi connectivity index (χ2n) is 6.09. The molecule has 0 unspecified atom stereocenters. The largest absolute Gasteiger partial charge is 0.497 e. The number of rotatable bonds is 6. The third-order valence-electron chi connectivity index (χ3n) is 4.29. The number of ether oxygens (including phenoxy) is 2. The molecular weight excluding hydrogens is 288 g/mol. The van der Waals surface area contributed by atoms with Crippen LogP contribution in [-0.2, 0) is 6.54 Å². The second-order valence-corrected chi connectivity index (χ2v) is 6.09. The van der Waals surface area contributed by atoms with Crippen molar-refractivity contribution in [1.29, 1.82) is 0 Å². The van der Waals surface area contributed by atoms with E-state index in [-0.39, 0.29) is 0 Å². The van der Waals surface area contributed by atoms with Gasteiger partial charge in [0.2, 0.25) is 0 Å². The van der Waals surface area contributed by atoms with Gasteiger partial charge in [0.1, 0.15) is 11.5 Å². The first-order valence-electron chi connectivity index (χ1n) is 8.21. The Hall–Kier alpha value is -2.07. The monoisotopic (exact) mass is 312 g/mol. The molecule has 23 heavy (non-hydrogen) atoms. The molecule has 1 saturated heterocycles. The Kier molecular flexibility index (Phi) is 5.48. The smallest absolute Gasteiger partial charge is 0.122 e. The number of likely N-dealkylation sites (tertiary alicyclic amines) is 1. The van der Waals surface area contributed by atoms with Crippen LogP contribution in [0.15, 0.2) is 48.8 Å². The van der Waals surface area contributed by atoms with Gasteiger partial charge >= 0.3 is 0 Å². The lowest BCUT2D eigenvalue weighted by atomic mass is 9.98. The molecule has 0 saturated carbocycles. The van der Waals surface area contributed by atoms with E-state index in [0.717, 1.165) is 37.7 Å². The van der Waals surface area contributed by atoms with Gasteiger partial charge in [0.25, 0.3) is 0 Å². The van der Waals surface area contributed by atoms with E-state index in [1.54, 1.807) is 7.11 Å². The summed E-state index contributed by atoms with van der Waals surface area (Å²) in [6.07, 6.45) is 6.19. The van der Waals surface area contributed by atoms with Crippen LogP contribution >= 0.6 is 0 Å². The van der Waals surface area contributed by atoms with Crippen LogP contribution in [0.3, 0.4) is 0 Å². The maximum Gasteiger partial charge on any atom is 0.122 e. The van der Waals surface area contributed by atoms with Crippen LogP contribution in [-0.4, -0.2) is 36.7 Å². The Balaban J connectivity index is 1.50. The highest BCUT2D eigenvalue weighted by atomic mass is 16.5. The minimum atomic E-state index is 0.580. The Morgan fingerprint density at radius 2 is 2.00 bits per heavy atom. The minimum Gasteiger partial charge on any atom is -0.497 e. The van der Waals surface area contributed by atoms with Gasteiger partial charge in [0.15, 0.2) is 0 Å². The van der Waals surface area contributed by atoms with Crippen molar-refractivity contribution in [2.24, 2.45) is 5.92 Å². The lowest BCUT2D eigenvalue weighted by molar-refractivity contribution is 0.125. The van der Waals surface area contributed by atoms with E-state index in [0.29, 0.717) is 5.92 Å². The molecule has 3 rings (SSSR count). The van der Waals surface area contributed by atoms with Crippen LogP contribution < -0.4 is 9.47 Å². The molecule has 1 aromatic carbocycles. The molecule has 0 N–H and O–H groups in total. The molecule has 2 aromatic rings. The summed E-state index contributed by atoms with van der Waals surface area (Å²) < 4.78 is 11.2. The van der Waals surface area contributed by atoms with Crippen molar-refractivity contribution in [3.63, 3.8) is 0 Å². The van der Waals surface area contributed by atoms with Gasteiger partial charge < -0.3 is 9.47 Å². The molecule has 0 aliphatic carbocycles. The van der Waals surface area contributed by atoms with Crippen LogP contribution in [0.1, 0.15) is 18.4 Å². The molecule has 0 bridgehead atoms.